The molecule has 0 bridgehead atoms. The number of benzene rings is 1. The first-order valence-corrected chi connectivity index (χ1v) is 8.34. The summed E-state index contributed by atoms with van der Waals surface area (Å²) in [5.74, 6) is 0. The first kappa shape index (κ1) is 17.6. The van der Waals surface area contributed by atoms with Gasteiger partial charge in [0.15, 0.2) is 0 Å². The van der Waals surface area contributed by atoms with Crippen molar-refractivity contribution < 1.29 is 26.1 Å². The van der Waals surface area contributed by atoms with Crippen molar-refractivity contribution in [3.63, 3.8) is 0 Å². The second-order valence-corrected chi connectivity index (χ2v) is 6.79. The lowest BCUT2D eigenvalue weighted by atomic mass is 10.0. The summed E-state index contributed by atoms with van der Waals surface area (Å²) in [6.45, 7) is 1.90. The summed E-state index contributed by atoms with van der Waals surface area (Å²) in [6.07, 6.45) is 2.68. The Bertz CT molecular complexity index is 803. The minimum Gasteiger partial charge on any atom is -0.364 e. The second-order valence-electron chi connectivity index (χ2n) is 4.68. The fourth-order valence-corrected chi connectivity index (χ4v) is 2.69. The summed E-state index contributed by atoms with van der Waals surface area (Å²) in [4.78, 5) is 0. The van der Waals surface area contributed by atoms with Crippen LogP contribution in [0.3, 0.4) is 0 Å². The van der Waals surface area contributed by atoms with E-state index >= 15 is 0 Å². The van der Waals surface area contributed by atoms with E-state index in [1.54, 1.807) is 0 Å². The van der Waals surface area contributed by atoms with Crippen molar-refractivity contribution in [1.82, 2.24) is 5.16 Å². The Kier molecular flexibility index (Phi) is 4.90. The number of halogens is 4. The number of alkyl halides is 3. The SMILES string of the molecule is CCCc1conc1-c1cc(Cl)ccc1NS(=O)(=O)C(F)(F)F. The molecule has 0 aliphatic rings. The Balaban J connectivity index is 2.53. The normalized spacial score (nSPS) is 12.4. The Morgan fingerprint density at radius 1 is 1.35 bits per heavy atom. The predicted molar refractivity (Wildman–Crippen MR) is 79.5 cm³/mol. The summed E-state index contributed by atoms with van der Waals surface area (Å²) in [5, 5.41) is 3.97. The molecule has 0 aliphatic heterocycles. The number of hydrogen-bond donors (Lipinski definition) is 1. The Labute approximate surface area is 135 Å². The van der Waals surface area contributed by atoms with E-state index in [4.69, 9.17) is 16.1 Å². The highest BCUT2D eigenvalue weighted by Crippen LogP contribution is 2.35. The summed E-state index contributed by atoms with van der Waals surface area (Å²) < 4.78 is 66.7. The zero-order valence-electron chi connectivity index (χ0n) is 11.8. The Morgan fingerprint density at radius 3 is 2.65 bits per heavy atom. The molecule has 0 spiro atoms. The molecular formula is C13H12ClF3N2O3S. The monoisotopic (exact) mass is 368 g/mol. The predicted octanol–water partition coefficient (Wildman–Crippen LogP) is 4.21. The summed E-state index contributed by atoms with van der Waals surface area (Å²) >= 11 is 5.87. The molecule has 23 heavy (non-hydrogen) atoms. The second kappa shape index (κ2) is 6.40. The van der Waals surface area contributed by atoms with E-state index < -0.39 is 15.5 Å². The topological polar surface area (TPSA) is 72.2 Å². The third-order valence-electron chi connectivity index (χ3n) is 2.95. The van der Waals surface area contributed by atoms with Crippen molar-refractivity contribution in [3.05, 3.63) is 35.0 Å². The standard InChI is InChI=1S/C13H12ClF3N2O3S/c1-2-3-8-7-22-18-12(8)10-6-9(14)4-5-11(10)19-23(20,21)13(15,16)17/h4-7,19H,2-3H2,1H3. The van der Waals surface area contributed by atoms with Gasteiger partial charge in [-0.3, -0.25) is 4.72 Å². The molecule has 2 aromatic rings. The smallest absolute Gasteiger partial charge is 0.364 e. The first-order valence-electron chi connectivity index (χ1n) is 6.48. The maximum atomic E-state index is 12.6. The summed E-state index contributed by atoms with van der Waals surface area (Å²) in [5.41, 5.74) is -4.71. The lowest BCUT2D eigenvalue weighted by Crippen LogP contribution is -2.30. The lowest BCUT2D eigenvalue weighted by molar-refractivity contribution is -0.0429. The van der Waals surface area contributed by atoms with Gasteiger partial charge in [-0.1, -0.05) is 30.1 Å². The maximum absolute atomic E-state index is 12.6. The molecule has 0 fully saturated rings. The third-order valence-corrected chi connectivity index (χ3v) is 4.28. The molecule has 0 atom stereocenters. The molecule has 1 aromatic carbocycles. The largest absolute Gasteiger partial charge is 0.516 e. The molecule has 0 aliphatic carbocycles. The van der Waals surface area contributed by atoms with E-state index in [0.717, 1.165) is 12.5 Å². The highest BCUT2D eigenvalue weighted by Gasteiger charge is 2.46. The summed E-state index contributed by atoms with van der Waals surface area (Å²) in [7, 11) is -5.55. The molecule has 5 nitrogen and oxygen atoms in total. The number of rotatable bonds is 5. The maximum Gasteiger partial charge on any atom is 0.516 e. The van der Waals surface area contributed by atoms with E-state index in [0.29, 0.717) is 12.0 Å². The van der Waals surface area contributed by atoms with Crippen LogP contribution in [0.25, 0.3) is 11.3 Å². The van der Waals surface area contributed by atoms with Gasteiger partial charge in [0.2, 0.25) is 0 Å². The van der Waals surface area contributed by atoms with E-state index in [1.807, 2.05) is 6.92 Å². The molecule has 10 heteroatoms. The van der Waals surface area contributed by atoms with Gasteiger partial charge in [0.1, 0.15) is 12.0 Å². The van der Waals surface area contributed by atoms with Gasteiger partial charge in [-0.05, 0) is 24.6 Å². The van der Waals surface area contributed by atoms with Crippen molar-refractivity contribution >= 4 is 27.3 Å². The van der Waals surface area contributed by atoms with Crippen LogP contribution in [0.1, 0.15) is 18.9 Å². The molecule has 126 valence electrons. The minimum atomic E-state index is -5.55. The van der Waals surface area contributed by atoms with E-state index in [1.165, 1.54) is 23.1 Å². The van der Waals surface area contributed by atoms with Crippen LogP contribution in [0.5, 0.6) is 0 Å². The van der Waals surface area contributed by atoms with Gasteiger partial charge in [0.05, 0.1) is 5.69 Å². The van der Waals surface area contributed by atoms with Gasteiger partial charge in [0.25, 0.3) is 0 Å². The highest BCUT2D eigenvalue weighted by molar-refractivity contribution is 7.93. The third kappa shape index (κ3) is 3.78. The Morgan fingerprint density at radius 2 is 2.04 bits per heavy atom. The molecule has 0 amide bonds. The number of anilines is 1. The molecular weight excluding hydrogens is 357 g/mol. The fourth-order valence-electron chi connectivity index (χ4n) is 1.93. The minimum absolute atomic E-state index is 0.113. The van der Waals surface area contributed by atoms with Crippen LogP contribution in [-0.4, -0.2) is 19.1 Å². The fraction of sp³-hybridized carbons (Fsp3) is 0.308. The number of aromatic nitrogens is 1. The van der Waals surface area contributed by atoms with Crippen LogP contribution in [-0.2, 0) is 16.4 Å². The quantitative estimate of drug-likeness (QED) is 0.858. The van der Waals surface area contributed by atoms with Crippen LogP contribution < -0.4 is 4.72 Å². The number of nitrogens with one attached hydrogen (secondary N) is 1. The van der Waals surface area contributed by atoms with Crippen LogP contribution in [0.2, 0.25) is 5.02 Å². The molecule has 1 heterocycles. The molecule has 0 saturated heterocycles. The summed E-state index contributed by atoms with van der Waals surface area (Å²) in [6, 6.07) is 3.75. The van der Waals surface area contributed by atoms with Gasteiger partial charge in [-0.25, -0.2) is 0 Å². The van der Waals surface area contributed by atoms with Gasteiger partial charge >= 0.3 is 15.5 Å². The van der Waals surface area contributed by atoms with Crippen LogP contribution in [0.4, 0.5) is 18.9 Å². The Hall–Kier alpha value is -1.74. The van der Waals surface area contributed by atoms with E-state index in [2.05, 4.69) is 5.16 Å². The number of sulfonamides is 1. The van der Waals surface area contributed by atoms with Crippen molar-refractivity contribution in [3.8, 4) is 11.3 Å². The number of nitrogens with zero attached hydrogens (tertiary/aromatic N) is 1. The van der Waals surface area contributed by atoms with Crippen molar-refractivity contribution in [2.24, 2.45) is 0 Å². The van der Waals surface area contributed by atoms with Crippen molar-refractivity contribution in [2.75, 3.05) is 4.72 Å². The van der Waals surface area contributed by atoms with Crippen molar-refractivity contribution in [2.45, 2.75) is 25.3 Å². The average Bonchev–Trinajstić information content (AvgIpc) is 2.88. The van der Waals surface area contributed by atoms with Crippen LogP contribution in [0.15, 0.2) is 29.0 Å². The molecule has 0 unspecified atom stereocenters. The number of hydrogen-bond acceptors (Lipinski definition) is 4. The van der Waals surface area contributed by atoms with E-state index in [-0.39, 0.29) is 22.0 Å². The molecule has 2 rings (SSSR count). The van der Waals surface area contributed by atoms with Crippen molar-refractivity contribution in [1.29, 1.82) is 0 Å². The van der Waals surface area contributed by atoms with E-state index in [9.17, 15) is 21.6 Å². The molecule has 1 aromatic heterocycles. The van der Waals surface area contributed by atoms with Gasteiger partial charge in [0, 0.05) is 16.1 Å². The van der Waals surface area contributed by atoms with Gasteiger partial charge < -0.3 is 4.52 Å². The zero-order valence-corrected chi connectivity index (χ0v) is 13.4. The van der Waals surface area contributed by atoms with Gasteiger partial charge in [-0.2, -0.15) is 21.6 Å². The number of aryl methyl sites for hydroxylation is 1. The lowest BCUT2D eigenvalue weighted by Gasteiger charge is -2.14. The average molecular weight is 369 g/mol. The molecule has 1 N–H and O–H groups in total. The van der Waals surface area contributed by atoms with Crippen LogP contribution in [0, 0.1) is 0 Å². The zero-order chi connectivity index (χ0) is 17.3. The molecule has 0 saturated carbocycles. The first-order chi connectivity index (χ1) is 10.7. The molecule has 0 radical (unpaired) electrons. The highest BCUT2D eigenvalue weighted by atomic mass is 35.5. The van der Waals surface area contributed by atoms with Crippen LogP contribution >= 0.6 is 11.6 Å². The van der Waals surface area contributed by atoms with Gasteiger partial charge in [-0.15, -0.1) is 0 Å².